The van der Waals surface area contributed by atoms with Gasteiger partial charge < -0.3 is 9.30 Å². The van der Waals surface area contributed by atoms with Crippen LogP contribution >= 0.6 is 0 Å². The van der Waals surface area contributed by atoms with Crippen LogP contribution in [0.5, 0.6) is 0 Å². The predicted molar refractivity (Wildman–Crippen MR) is 141 cm³/mol. The zero-order chi connectivity index (χ0) is 26.1. The molecule has 37 heavy (non-hydrogen) atoms. The lowest BCUT2D eigenvalue weighted by molar-refractivity contribution is 0.0601. The van der Waals surface area contributed by atoms with E-state index in [1.807, 2.05) is 43.9 Å². The molecule has 6 rings (SSSR count). The average Bonchev–Trinajstić information content (AvgIpc) is 3.56. The summed E-state index contributed by atoms with van der Waals surface area (Å²) in [6, 6.07) is 13.8. The third-order valence-corrected chi connectivity index (χ3v) is 8.45. The van der Waals surface area contributed by atoms with Crippen molar-refractivity contribution in [2.45, 2.75) is 11.8 Å². The first-order chi connectivity index (χ1) is 17.7. The van der Waals surface area contributed by atoms with Gasteiger partial charge in [-0.1, -0.05) is 23.8 Å². The van der Waals surface area contributed by atoms with Gasteiger partial charge in [-0.2, -0.15) is 5.10 Å². The van der Waals surface area contributed by atoms with Gasteiger partial charge in [0.15, 0.2) is 5.65 Å². The van der Waals surface area contributed by atoms with E-state index in [0.717, 1.165) is 27.4 Å². The molecule has 9 nitrogen and oxygen atoms in total. The second-order valence-corrected chi connectivity index (χ2v) is 10.8. The quantitative estimate of drug-likeness (QED) is 0.324. The highest BCUT2D eigenvalue weighted by Crippen LogP contribution is 2.38. The number of hydrogen-bond acceptors (Lipinski definition) is 6. The smallest absolute Gasteiger partial charge is 0.337 e. The van der Waals surface area contributed by atoms with E-state index >= 15 is 0 Å². The van der Waals surface area contributed by atoms with Crippen molar-refractivity contribution < 1.29 is 17.9 Å². The maximum atomic E-state index is 14.1. The summed E-state index contributed by atoms with van der Waals surface area (Å²) in [4.78, 5) is 16.9. The van der Waals surface area contributed by atoms with E-state index in [1.54, 1.807) is 53.5 Å². The second kappa shape index (κ2) is 8.04. The summed E-state index contributed by atoms with van der Waals surface area (Å²) in [5.74, 6) is -0.441. The Morgan fingerprint density at radius 3 is 2.46 bits per heavy atom. The number of esters is 1. The van der Waals surface area contributed by atoms with E-state index < -0.39 is 16.0 Å². The molecule has 0 saturated carbocycles. The lowest BCUT2D eigenvalue weighted by Crippen LogP contribution is -2.14. The monoisotopic (exact) mass is 513 g/mol. The summed E-state index contributed by atoms with van der Waals surface area (Å²) < 4.78 is 38.0. The molecule has 0 saturated heterocycles. The topological polar surface area (TPSA) is 101 Å². The highest BCUT2D eigenvalue weighted by molar-refractivity contribution is 7.90. The van der Waals surface area contributed by atoms with Crippen LogP contribution in [0.25, 0.3) is 44.1 Å². The Hall–Kier alpha value is -4.44. The SMILES string of the molecule is COC(=O)c1ccc2c(-c3cc4c5c(cnc4n3S(=O)(=O)c3ccc(C)cc3)cnn5C)cn(C)c2c1. The van der Waals surface area contributed by atoms with Crippen molar-refractivity contribution in [1.82, 2.24) is 23.3 Å². The number of fused-ring (bicyclic) bond motifs is 4. The number of carbonyl (C=O) groups excluding carboxylic acids is 1. The normalized spacial score (nSPS) is 12.1. The van der Waals surface area contributed by atoms with Gasteiger partial charge in [0.2, 0.25) is 0 Å². The van der Waals surface area contributed by atoms with Gasteiger partial charge in [-0.25, -0.2) is 22.2 Å². The highest BCUT2D eigenvalue weighted by Gasteiger charge is 2.28. The van der Waals surface area contributed by atoms with Crippen LogP contribution in [0.2, 0.25) is 0 Å². The number of benzene rings is 2. The fraction of sp³-hybridized carbons (Fsp3) is 0.148. The molecule has 0 amide bonds. The Bertz CT molecular complexity index is 1980. The van der Waals surface area contributed by atoms with Crippen molar-refractivity contribution in [2.24, 2.45) is 14.1 Å². The van der Waals surface area contributed by atoms with Gasteiger partial charge in [0, 0.05) is 53.7 Å². The van der Waals surface area contributed by atoms with E-state index in [1.165, 1.54) is 11.1 Å². The van der Waals surface area contributed by atoms with Crippen LogP contribution in [-0.2, 0) is 28.9 Å². The van der Waals surface area contributed by atoms with Crippen LogP contribution in [0.15, 0.2) is 72.0 Å². The van der Waals surface area contributed by atoms with Crippen LogP contribution in [0, 0.1) is 6.92 Å². The molecule has 0 bridgehead atoms. The lowest BCUT2D eigenvalue weighted by Gasteiger charge is -2.12. The minimum atomic E-state index is -4.03. The maximum Gasteiger partial charge on any atom is 0.337 e. The van der Waals surface area contributed by atoms with Gasteiger partial charge in [-0.3, -0.25) is 4.68 Å². The van der Waals surface area contributed by atoms with E-state index in [0.29, 0.717) is 27.9 Å². The lowest BCUT2D eigenvalue weighted by atomic mass is 10.1. The number of aryl methyl sites for hydroxylation is 3. The third-order valence-electron chi connectivity index (χ3n) is 6.73. The van der Waals surface area contributed by atoms with Gasteiger partial charge in [0.1, 0.15) is 0 Å². The zero-order valence-corrected chi connectivity index (χ0v) is 21.4. The Balaban J connectivity index is 1.71. The molecule has 4 heterocycles. The largest absolute Gasteiger partial charge is 0.465 e. The number of pyridine rings is 1. The van der Waals surface area contributed by atoms with Crippen LogP contribution in [0.1, 0.15) is 15.9 Å². The first kappa shape index (κ1) is 23.0. The van der Waals surface area contributed by atoms with Crippen molar-refractivity contribution in [3.05, 3.63) is 78.2 Å². The molecule has 10 heteroatoms. The van der Waals surface area contributed by atoms with E-state index in [2.05, 4.69) is 10.1 Å². The highest BCUT2D eigenvalue weighted by atomic mass is 32.2. The number of aromatic nitrogens is 5. The predicted octanol–water partition coefficient (Wildman–Crippen LogP) is 4.41. The minimum Gasteiger partial charge on any atom is -0.465 e. The Labute approximate surface area is 212 Å². The molecule has 0 N–H and O–H groups in total. The number of nitrogens with zero attached hydrogens (tertiary/aromatic N) is 5. The maximum absolute atomic E-state index is 14.1. The van der Waals surface area contributed by atoms with E-state index in [9.17, 15) is 13.2 Å². The van der Waals surface area contributed by atoms with Crippen molar-refractivity contribution in [2.75, 3.05) is 7.11 Å². The minimum absolute atomic E-state index is 0.164. The molecule has 0 unspecified atom stereocenters. The molecule has 0 radical (unpaired) electrons. The Morgan fingerprint density at radius 1 is 0.973 bits per heavy atom. The number of hydrogen-bond donors (Lipinski definition) is 0. The molecule has 0 fully saturated rings. The molecule has 2 aromatic carbocycles. The van der Waals surface area contributed by atoms with Gasteiger partial charge in [-0.05, 0) is 37.3 Å². The number of carbonyl (C=O) groups is 1. The second-order valence-electron chi connectivity index (χ2n) is 9.06. The number of methoxy groups -OCH3 is 1. The molecule has 186 valence electrons. The molecule has 4 aromatic heterocycles. The van der Waals surface area contributed by atoms with Crippen LogP contribution in [0.3, 0.4) is 0 Å². The average molecular weight is 514 g/mol. The van der Waals surface area contributed by atoms with Gasteiger partial charge in [0.25, 0.3) is 10.0 Å². The Kier molecular flexibility index (Phi) is 4.99. The molecule has 0 atom stereocenters. The zero-order valence-electron chi connectivity index (χ0n) is 20.6. The summed E-state index contributed by atoms with van der Waals surface area (Å²) in [5.41, 5.74) is 4.40. The molecule has 6 aromatic rings. The van der Waals surface area contributed by atoms with E-state index in [-0.39, 0.29) is 4.90 Å². The first-order valence-electron chi connectivity index (χ1n) is 11.5. The van der Waals surface area contributed by atoms with Crippen LogP contribution in [-0.4, -0.2) is 44.8 Å². The summed E-state index contributed by atoms with van der Waals surface area (Å²) in [6.45, 7) is 1.91. The standard InChI is InChI=1S/C27H23N5O4S/c1-16-5-8-19(9-6-16)37(34,35)32-24(12-21-25-18(13-28-26(21)32)14-29-31(25)3)22-15-30(2)23-11-17(27(33)36-4)7-10-20(22)23/h5-15H,1-4H3. The van der Waals surface area contributed by atoms with Gasteiger partial charge in [0.05, 0.1) is 35.0 Å². The molecule has 0 spiro atoms. The summed E-state index contributed by atoms with van der Waals surface area (Å²) in [6.07, 6.45) is 5.21. The van der Waals surface area contributed by atoms with Crippen molar-refractivity contribution >= 4 is 48.8 Å². The fourth-order valence-electron chi connectivity index (χ4n) is 4.87. The molecular formula is C27H23N5O4S. The first-order valence-corrected chi connectivity index (χ1v) is 13.0. The fourth-order valence-corrected chi connectivity index (χ4v) is 6.34. The third kappa shape index (κ3) is 3.36. The van der Waals surface area contributed by atoms with Crippen molar-refractivity contribution in [1.29, 1.82) is 0 Å². The summed E-state index contributed by atoms with van der Waals surface area (Å²) in [5, 5.41) is 6.62. The van der Waals surface area contributed by atoms with Crippen molar-refractivity contribution in [3.63, 3.8) is 0 Å². The Morgan fingerprint density at radius 2 is 1.73 bits per heavy atom. The van der Waals surface area contributed by atoms with Crippen molar-refractivity contribution in [3.8, 4) is 11.3 Å². The summed E-state index contributed by atoms with van der Waals surface area (Å²) in [7, 11) is 0.983. The molecular weight excluding hydrogens is 490 g/mol. The summed E-state index contributed by atoms with van der Waals surface area (Å²) >= 11 is 0. The van der Waals surface area contributed by atoms with E-state index in [4.69, 9.17) is 4.74 Å². The van der Waals surface area contributed by atoms with Crippen LogP contribution < -0.4 is 0 Å². The number of rotatable bonds is 4. The number of ether oxygens (including phenoxy) is 1. The molecule has 0 aliphatic rings. The van der Waals surface area contributed by atoms with Gasteiger partial charge in [-0.15, -0.1) is 0 Å². The van der Waals surface area contributed by atoms with Crippen LogP contribution in [0.4, 0.5) is 0 Å². The molecule has 0 aliphatic heterocycles. The molecule has 0 aliphatic carbocycles. The van der Waals surface area contributed by atoms with Gasteiger partial charge >= 0.3 is 5.97 Å².